The van der Waals surface area contributed by atoms with Crippen LogP contribution in [0.4, 0.5) is 10.1 Å². The Bertz CT molecular complexity index is 717. The highest BCUT2D eigenvalue weighted by atomic mass is 35.5. The highest BCUT2D eigenvalue weighted by molar-refractivity contribution is 6.31. The van der Waals surface area contributed by atoms with Crippen molar-refractivity contribution in [2.75, 3.05) is 6.54 Å². The predicted molar refractivity (Wildman–Crippen MR) is 80.1 cm³/mol. The van der Waals surface area contributed by atoms with Crippen molar-refractivity contribution >= 4 is 23.5 Å². The lowest BCUT2D eigenvalue weighted by atomic mass is 10.1. The average Bonchev–Trinajstić information content (AvgIpc) is 2.48. The average molecular weight is 322 g/mol. The van der Waals surface area contributed by atoms with Crippen LogP contribution in [0.2, 0.25) is 5.02 Å². The second-order valence-corrected chi connectivity index (χ2v) is 4.95. The molecule has 2 aromatic carbocycles. The molecule has 5 nitrogen and oxygen atoms in total. The molecule has 0 aliphatic heterocycles. The Hall–Kier alpha value is -2.47. The summed E-state index contributed by atoms with van der Waals surface area (Å²) in [6, 6.07) is 8.35. The van der Waals surface area contributed by atoms with E-state index >= 15 is 0 Å². The maximum Gasteiger partial charge on any atom is 0.263 e. The van der Waals surface area contributed by atoms with Crippen LogP contribution in [0.25, 0.3) is 0 Å². The van der Waals surface area contributed by atoms with E-state index in [0.29, 0.717) is 13.0 Å². The zero-order chi connectivity index (χ0) is 16.1. The van der Waals surface area contributed by atoms with E-state index in [2.05, 4.69) is 4.99 Å². The van der Waals surface area contributed by atoms with Crippen LogP contribution in [0.1, 0.15) is 11.1 Å². The zero-order valence-electron chi connectivity index (χ0n) is 11.3. The molecule has 0 bridgehead atoms. The summed E-state index contributed by atoms with van der Waals surface area (Å²) in [5.41, 5.74) is 0.392. The van der Waals surface area contributed by atoms with Crippen LogP contribution in [0.3, 0.4) is 0 Å². The van der Waals surface area contributed by atoms with Crippen LogP contribution in [-0.2, 0) is 6.42 Å². The molecule has 0 N–H and O–H groups in total. The van der Waals surface area contributed by atoms with E-state index in [-0.39, 0.29) is 16.4 Å². The normalized spacial score (nSPS) is 11.0. The van der Waals surface area contributed by atoms with Crippen molar-refractivity contribution in [2.24, 2.45) is 4.99 Å². The molecule has 114 valence electrons. The Balaban J connectivity index is 2.07. The third-order valence-corrected chi connectivity index (χ3v) is 3.15. The molecule has 0 atom stereocenters. The van der Waals surface area contributed by atoms with Crippen LogP contribution < -0.4 is 5.11 Å². The van der Waals surface area contributed by atoms with Gasteiger partial charge in [0.2, 0.25) is 0 Å². The van der Waals surface area contributed by atoms with Gasteiger partial charge in [-0.05, 0) is 41.5 Å². The van der Waals surface area contributed by atoms with Crippen molar-refractivity contribution in [3.05, 3.63) is 68.5 Å². The fourth-order valence-electron chi connectivity index (χ4n) is 1.84. The highest BCUT2D eigenvalue weighted by Crippen LogP contribution is 2.29. The number of halogens is 2. The van der Waals surface area contributed by atoms with Gasteiger partial charge in [-0.25, -0.2) is 4.39 Å². The number of rotatable bonds is 5. The second-order valence-electron chi connectivity index (χ2n) is 4.51. The fraction of sp³-hybridized carbons (Fsp3) is 0.133. The van der Waals surface area contributed by atoms with Crippen LogP contribution >= 0.6 is 11.6 Å². The van der Waals surface area contributed by atoms with Crippen molar-refractivity contribution in [2.45, 2.75) is 6.42 Å². The maximum atomic E-state index is 12.7. The Kier molecular flexibility index (Phi) is 5.06. The van der Waals surface area contributed by atoms with Gasteiger partial charge in [-0.1, -0.05) is 23.7 Å². The van der Waals surface area contributed by atoms with Crippen molar-refractivity contribution in [1.82, 2.24) is 0 Å². The molecule has 0 unspecified atom stereocenters. The van der Waals surface area contributed by atoms with Gasteiger partial charge < -0.3 is 5.11 Å². The molecule has 0 saturated heterocycles. The first-order chi connectivity index (χ1) is 10.5. The molecule has 0 radical (unpaired) electrons. The largest absolute Gasteiger partial charge is 0.867 e. The van der Waals surface area contributed by atoms with E-state index in [1.54, 1.807) is 12.1 Å². The summed E-state index contributed by atoms with van der Waals surface area (Å²) >= 11 is 5.75. The zero-order valence-corrected chi connectivity index (χ0v) is 12.1. The van der Waals surface area contributed by atoms with E-state index < -0.39 is 16.4 Å². The number of benzene rings is 2. The summed E-state index contributed by atoms with van der Waals surface area (Å²) in [6.07, 6.45) is 1.83. The van der Waals surface area contributed by atoms with Crippen LogP contribution in [0, 0.1) is 15.9 Å². The summed E-state index contributed by atoms with van der Waals surface area (Å²) in [4.78, 5) is 14.0. The third-order valence-electron chi connectivity index (χ3n) is 2.93. The second kappa shape index (κ2) is 7.00. The molecule has 0 aliphatic rings. The molecule has 0 heterocycles. The van der Waals surface area contributed by atoms with E-state index in [0.717, 1.165) is 11.6 Å². The standard InChI is InChI=1S/C15H12ClFN2O3/c16-12-7-11(15(20)14(8-12)19(21)22)9-18-6-5-10-1-3-13(17)4-2-10/h1-4,7-9,20H,5-6H2/p-1. The first-order valence-electron chi connectivity index (χ1n) is 6.36. The molecule has 0 fully saturated rings. The van der Waals surface area contributed by atoms with Crippen molar-refractivity contribution in [3.63, 3.8) is 0 Å². The molecule has 2 aromatic rings. The number of nitro benzene ring substituents is 1. The van der Waals surface area contributed by atoms with Crippen molar-refractivity contribution in [1.29, 1.82) is 0 Å². The molecule has 7 heteroatoms. The van der Waals surface area contributed by atoms with Gasteiger partial charge in [-0.15, -0.1) is 0 Å². The summed E-state index contributed by atoms with van der Waals surface area (Å²) in [5, 5.41) is 22.7. The molecular formula is C15H11ClFN2O3-. The van der Waals surface area contributed by atoms with Gasteiger partial charge in [-0.2, -0.15) is 0 Å². The van der Waals surface area contributed by atoms with Crippen molar-refractivity contribution in [3.8, 4) is 5.75 Å². The van der Waals surface area contributed by atoms with Gasteiger partial charge in [0.25, 0.3) is 5.69 Å². The molecule has 2 rings (SSSR count). The topological polar surface area (TPSA) is 78.6 Å². The van der Waals surface area contributed by atoms with Crippen molar-refractivity contribution < 1.29 is 14.4 Å². The minimum absolute atomic E-state index is 0.0679. The number of nitrogens with zero attached hydrogens (tertiary/aromatic N) is 2. The SMILES string of the molecule is O=[N+]([O-])c1cc(Cl)cc(C=NCCc2ccc(F)cc2)c1[O-]. The third kappa shape index (κ3) is 4.02. The lowest BCUT2D eigenvalue weighted by Crippen LogP contribution is -2.02. The van der Waals surface area contributed by atoms with Gasteiger partial charge >= 0.3 is 0 Å². The van der Waals surface area contributed by atoms with Gasteiger partial charge in [0.15, 0.2) is 0 Å². The molecule has 0 saturated carbocycles. The summed E-state index contributed by atoms with van der Waals surface area (Å²) in [6.45, 7) is 0.366. The monoisotopic (exact) mass is 321 g/mol. The molecule has 0 spiro atoms. The number of hydrogen-bond acceptors (Lipinski definition) is 4. The van der Waals surface area contributed by atoms with E-state index in [9.17, 15) is 19.6 Å². The molecule has 0 aromatic heterocycles. The van der Waals surface area contributed by atoms with Gasteiger partial charge in [0.1, 0.15) is 5.82 Å². The lowest BCUT2D eigenvalue weighted by Gasteiger charge is -2.10. The highest BCUT2D eigenvalue weighted by Gasteiger charge is 2.11. The quantitative estimate of drug-likeness (QED) is 0.482. The molecule has 0 amide bonds. The summed E-state index contributed by atoms with van der Waals surface area (Å²) < 4.78 is 12.7. The van der Waals surface area contributed by atoms with Crippen LogP contribution in [-0.4, -0.2) is 17.7 Å². The first kappa shape index (κ1) is 15.9. The van der Waals surface area contributed by atoms with E-state index in [1.165, 1.54) is 24.4 Å². The minimum atomic E-state index is -0.774. The first-order valence-corrected chi connectivity index (χ1v) is 6.74. The lowest BCUT2D eigenvalue weighted by molar-refractivity contribution is -0.398. The van der Waals surface area contributed by atoms with Gasteiger partial charge in [0, 0.05) is 23.8 Å². The molecule has 0 aliphatic carbocycles. The number of hydrogen-bond donors (Lipinski definition) is 0. The maximum absolute atomic E-state index is 12.7. The Morgan fingerprint density at radius 1 is 1.27 bits per heavy atom. The Labute approximate surface area is 130 Å². The van der Waals surface area contributed by atoms with E-state index in [4.69, 9.17) is 11.6 Å². The molecule has 22 heavy (non-hydrogen) atoms. The minimum Gasteiger partial charge on any atom is -0.867 e. The van der Waals surface area contributed by atoms with Crippen LogP contribution in [0.5, 0.6) is 5.75 Å². The Morgan fingerprint density at radius 3 is 2.59 bits per heavy atom. The predicted octanol–water partition coefficient (Wildman–Crippen LogP) is 3.12. The summed E-state index contributed by atoms with van der Waals surface area (Å²) in [7, 11) is 0. The fourth-order valence-corrected chi connectivity index (χ4v) is 2.06. The Morgan fingerprint density at radius 2 is 1.95 bits per heavy atom. The number of nitro groups is 1. The van der Waals surface area contributed by atoms with Gasteiger partial charge in [-0.3, -0.25) is 15.1 Å². The molecular weight excluding hydrogens is 311 g/mol. The van der Waals surface area contributed by atoms with Crippen LogP contribution in [0.15, 0.2) is 41.4 Å². The van der Waals surface area contributed by atoms with E-state index in [1.807, 2.05) is 0 Å². The van der Waals surface area contributed by atoms with Gasteiger partial charge in [0.05, 0.1) is 4.92 Å². The smallest absolute Gasteiger partial charge is 0.263 e. The number of aliphatic imine (C=N–C) groups is 1. The summed E-state index contributed by atoms with van der Waals surface area (Å²) in [5.74, 6) is -1.03.